The van der Waals surface area contributed by atoms with Gasteiger partial charge in [0.2, 0.25) is 23.4 Å². The molecule has 2 amide bonds. The Morgan fingerprint density at radius 3 is 2.37 bits per heavy atom. The maximum atomic E-state index is 13.4. The molecule has 2 atom stereocenters. The SMILES string of the molecule is CCC(NC(=O)C(CCCc1ccccc1)CC(=O)N1CCOCC1)C(=O)c1nc(-c2ccccc2)no1. The molecule has 200 valence electrons. The van der Waals surface area contributed by atoms with E-state index in [-0.39, 0.29) is 24.1 Å². The first-order valence-corrected chi connectivity index (χ1v) is 13.2. The molecule has 38 heavy (non-hydrogen) atoms. The van der Waals surface area contributed by atoms with Crippen molar-refractivity contribution in [1.82, 2.24) is 20.4 Å². The minimum atomic E-state index is -0.832. The second-order valence-corrected chi connectivity index (χ2v) is 9.39. The van der Waals surface area contributed by atoms with Crippen LogP contribution in [-0.4, -0.2) is 65.0 Å². The molecule has 0 bridgehead atoms. The summed E-state index contributed by atoms with van der Waals surface area (Å²) in [7, 11) is 0. The summed E-state index contributed by atoms with van der Waals surface area (Å²) in [5.74, 6) is -1.23. The first-order chi connectivity index (χ1) is 18.5. The van der Waals surface area contributed by atoms with Gasteiger partial charge in [0.25, 0.3) is 5.89 Å². The van der Waals surface area contributed by atoms with E-state index in [0.717, 1.165) is 18.4 Å². The lowest BCUT2D eigenvalue weighted by Gasteiger charge is -2.28. The van der Waals surface area contributed by atoms with Crippen LogP contribution in [0.2, 0.25) is 0 Å². The van der Waals surface area contributed by atoms with E-state index in [1.165, 1.54) is 5.56 Å². The number of aryl methyl sites for hydroxylation is 1. The van der Waals surface area contributed by atoms with E-state index in [0.29, 0.717) is 45.0 Å². The van der Waals surface area contributed by atoms with Crippen LogP contribution in [0.5, 0.6) is 0 Å². The minimum Gasteiger partial charge on any atom is -0.378 e. The minimum absolute atomic E-state index is 0.0723. The van der Waals surface area contributed by atoms with Gasteiger partial charge in [0.1, 0.15) is 0 Å². The molecule has 0 saturated carbocycles. The Morgan fingerprint density at radius 2 is 1.68 bits per heavy atom. The predicted octanol–water partition coefficient (Wildman–Crippen LogP) is 3.70. The molecule has 1 fully saturated rings. The quantitative estimate of drug-likeness (QED) is 0.364. The molecule has 1 N–H and O–H groups in total. The number of hydrogen-bond donors (Lipinski definition) is 1. The fraction of sp³-hybridized carbons (Fsp3) is 0.414. The van der Waals surface area contributed by atoms with Crippen LogP contribution in [0.3, 0.4) is 0 Å². The highest BCUT2D eigenvalue weighted by molar-refractivity contribution is 5.99. The molecule has 3 aromatic rings. The summed E-state index contributed by atoms with van der Waals surface area (Å²) in [6, 6.07) is 18.4. The third-order valence-electron chi connectivity index (χ3n) is 6.73. The number of aromatic nitrogens is 2. The summed E-state index contributed by atoms with van der Waals surface area (Å²) in [5.41, 5.74) is 1.91. The number of carbonyl (C=O) groups excluding carboxylic acids is 3. The first-order valence-electron chi connectivity index (χ1n) is 13.2. The number of ketones is 1. The third kappa shape index (κ3) is 7.35. The summed E-state index contributed by atoms with van der Waals surface area (Å²) in [6.07, 6.45) is 2.51. The average Bonchev–Trinajstić information content (AvgIpc) is 3.47. The maximum absolute atomic E-state index is 13.4. The van der Waals surface area contributed by atoms with Gasteiger partial charge in [0.05, 0.1) is 19.3 Å². The van der Waals surface area contributed by atoms with Crippen molar-refractivity contribution in [2.75, 3.05) is 26.3 Å². The number of amides is 2. The Hall–Kier alpha value is -3.85. The number of hydrogen-bond acceptors (Lipinski definition) is 7. The zero-order valence-corrected chi connectivity index (χ0v) is 21.7. The summed E-state index contributed by atoms with van der Waals surface area (Å²) in [6.45, 7) is 3.85. The molecule has 2 unspecified atom stereocenters. The molecule has 0 radical (unpaired) electrons. The number of nitrogens with zero attached hydrogens (tertiary/aromatic N) is 3. The van der Waals surface area contributed by atoms with Crippen LogP contribution < -0.4 is 5.32 Å². The Kier molecular flexibility index (Phi) is 9.75. The number of ether oxygens (including phenoxy) is 1. The molecule has 2 heterocycles. The van der Waals surface area contributed by atoms with Gasteiger partial charge in [0, 0.05) is 31.0 Å². The van der Waals surface area contributed by atoms with Gasteiger partial charge < -0.3 is 19.5 Å². The first kappa shape index (κ1) is 27.2. The van der Waals surface area contributed by atoms with E-state index < -0.39 is 17.7 Å². The van der Waals surface area contributed by atoms with Crippen molar-refractivity contribution in [3.05, 3.63) is 72.1 Å². The number of Topliss-reactive ketones (excluding diaryl/α,β-unsaturated/α-hetero) is 1. The van der Waals surface area contributed by atoms with E-state index in [4.69, 9.17) is 9.26 Å². The molecule has 4 rings (SSSR count). The number of morpholine rings is 1. The van der Waals surface area contributed by atoms with Gasteiger partial charge in [-0.25, -0.2) is 0 Å². The Labute approximate surface area is 222 Å². The highest BCUT2D eigenvalue weighted by atomic mass is 16.5. The van der Waals surface area contributed by atoms with Gasteiger partial charge >= 0.3 is 0 Å². The van der Waals surface area contributed by atoms with E-state index in [9.17, 15) is 14.4 Å². The summed E-state index contributed by atoms with van der Waals surface area (Å²) in [4.78, 5) is 45.5. The van der Waals surface area contributed by atoms with Gasteiger partial charge in [0.15, 0.2) is 0 Å². The fourth-order valence-electron chi connectivity index (χ4n) is 4.50. The fourth-order valence-corrected chi connectivity index (χ4v) is 4.50. The normalized spacial score (nSPS) is 15.0. The lowest BCUT2D eigenvalue weighted by molar-refractivity contribution is -0.139. The average molecular weight is 519 g/mol. The van der Waals surface area contributed by atoms with E-state index in [2.05, 4.69) is 15.5 Å². The summed E-state index contributed by atoms with van der Waals surface area (Å²) >= 11 is 0. The molecule has 0 spiro atoms. The number of rotatable bonds is 12. The van der Waals surface area contributed by atoms with Crippen LogP contribution in [0.15, 0.2) is 65.2 Å². The number of benzene rings is 2. The Morgan fingerprint density at radius 1 is 1.00 bits per heavy atom. The van der Waals surface area contributed by atoms with E-state index in [1.807, 2.05) is 60.7 Å². The molecule has 1 aliphatic heterocycles. The lowest BCUT2D eigenvalue weighted by Crippen LogP contribution is -2.46. The van der Waals surface area contributed by atoms with Crippen molar-refractivity contribution < 1.29 is 23.6 Å². The summed E-state index contributed by atoms with van der Waals surface area (Å²) in [5, 5.41) is 6.78. The van der Waals surface area contributed by atoms with Crippen LogP contribution in [0.1, 0.15) is 48.9 Å². The van der Waals surface area contributed by atoms with E-state index in [1.54, 1.807) is 11.8 Å². The standard InChI is InChI=1S/C29H34N4O5/c1-2-24(26(35)29-31-27(32-38-29)22-13-7-4-8-14-22)30-28(36)23(15-9-12-21-10-5-3-6-11-21)20-25(34)33-16-18-37-19-17-33/h3-8,10-11,13-14,23-24H,2,9,12,15-20H2,1H3,(H,30,36). The number of carbonyl (C=O) groups is 3. The summed E-state index contributed by atoms with van der Waals surface area (Å²) < 4.78 is 10.6. The van der Waals surface area contributed by atoms with Crippen molar-refractivity contribution in [3.63, 3.8) is 0 Å². The number of nitrogens with one attached hydrogen (secondary N) is 1. The van der Waals surface area contributed by atoms with Crippen LogP contribution in [0.4, 0.5) is 0 Å². The molecule has 0 aliphatic carbocycles. The van der Waals surface area contributed by atoms with E-state index >= 15 is 0 Å². The largest absolute Gasteiger partial charge is 0.378 e. The van der Waals surface area contributed by atoms with Gasteiger partial charge in [-0.3, -0.25) is 14.4 Å². The van der Waals surface area contributed by atoms with Crippen LogP contribution in [0, 0.1) is 5.92 Å². The molecular weight excluding hydrogens is 484 g/mol. The van der Waals surface area contributed by atoms with Crippen molar-refractivity contribution in [2.24, 2.45) is 5.92 Å². The Bertz CT molecular complexity index is 1190. The second-order valence-electron chi connectivity index (χ2n) is 9.39. The van der Waals surface area contributed by atoms with Gasteiger partial charge in [-0.15, -0.1) is 0 Å². The zero-order chi connectivity index (χ0) is 26.7. The van der Waals surface area contributed by atoms with Crippen LogP contribution in [0.25, 0.3) is 11.4 Å². The molecular formula is C29H34N4O5. The smallest absolute Gasteiger partial charge is 0.296 e. The van der Waals surface area contributed by atoms with Gasteiger partial charge in [-0.1, -0.05) is 72.7 Å². The lowest BCUT2D eigenvalue weighted by atomic mass is 9.94. The van der Waals surface area contributed by atoms with Crippen molar-refractivity contribution in [2.45, 2.75) is 45.1 Å². The molecule has 1 aliphatic rings. The Balaban J connectivity index is 1.42. The molecule has 2 aromatic carbocycles. The van der Waals surface area contributed by atoms with Crippen molar-refractivity contribution in [1.29, 1.82) is 0 Å². The monoisotopic (exact) mass is 518 g/mol. The highest BCUT2D eigenvalue weighted by Crippen LogP contribution is 2.19. The highest BCUT2D eigenvalue weighted by Gasteiger charge is 2.31. The molecule has 9 heteroatoms. The molecule has 1 aromatic heterocycles. The topological polar surface area (TPSA) is 115 Å². The third-order valence-corrected chi connectivity index (χ3v) is 6.73. The molecule has 1 saturated heterocycles. The maximum Gasteiger partial charge on any atom is 0.296 e. The predicted molar refractivity (Wildman–Crippen MR) is 141 cm³/mol. The van der Waals surface area contributed by atoms with Crippen LogP contribution in [-0.2, 0) is 20.7 Å². The van der Waals surface area contributed by atoms with Crippen molar-refractivity contribution in [3.8, 4) is 11.4 Å². The molecule has 9 nitrogen and oxygen atoms in total. The van der Waals surface area contributed by atoms with Gasteiger partial charge in [-0.2, -0.15) is 4.98 Å². The second kappa shape index (κ2) is 13.6. The van der Waals surface area contributed by atoms with Gasteiger partial charge in [-0.05, 0) is 31.2 Å². The zero-order valence-electron chi connectivity index (χ0n) is 21.7. The van der Waals surface area contributed by atoms with Crippen LogP contribution >= 0.6 is 0 Å². The van der Waals surface area contributed by atoms with Crippen molar-refractivity contribution >= 4 is 17.6 Å².